The van der Waals surface area contributed by atoms with E-state index in [9.17, 15) is 0 Å². The number of benzene rings is 1. The van der Waals surface area contributed by atoms with Gasteiger partial charge in [-0.05, 0) is 30.7 Å². The van der Waals surface area contributed by atoms with Gasteiger partial charge in [0.2, 0.25) is 0 Å². The molecule has 0 amide bonds. The smallest absolute Gasteiger partial charge is 0.191 e. The first-order chi connectivity index (χ1) is 11.6. The second-order valence-corrected chi connectivity index (χ2v) is 5.92. The molecule has 2 N–H and O–H groups in total. The molecule has 1 heterocycles. The summed E-state index contributed by atoms with van der Waals surface area (Å²) in [6.07, 6.45) is 2.58. The Morgan fingerprint density at radius 3 is 2.72 bits per heavy atom. The Kier molecular flexibility index (Phi) is 9.99. The van der Waals surface area contributed by atoms with Gasteiger partial charge in [-0.15, -0.1) is 24.0 Å². The molecule has 9 heteroatoms. The molecular weight excluding hydrogens is 476 g/mol. The van der Waals surface area contributed by atoms with Crippen LogP contribution in [-0.2, 0) is 13.6 Å². The Morgan fingerprint density at radius 1 is 1.28 bits per heavy atom. The largest absolute Gasteiger partial charge is 0.492 e. The molecule has 0 saturated heterocycles. The van der Waals surface area contributed by atoms with Crippen LogP contribution in [0.25, 0.3) is 0 Å². The van der Waals surface area contributed by atoms with Crippen molar-refractivity contribution in [2.24, 2.45) is 12.0 Å². The molecule has 0 aliphatic heterocycles. The van der Waals surface area contributed by atoms with E-state index in [1.54, 1.807) is 31.4 Å². The van der Waals surface area contributed by atoms with Gasteiger partial charge < -0.3 is 15.4 Å². The second kappa shape index (κ2) is 11.4. The Balaban J connectivity index is 0.00000312. The Labute approximate surface area is 175 Å². The molecule has 2 aromatic rings. The number of guanidine groups is 1. The number of rotatable bonds is 7. The summed E-state index contributed by atoms with van der Waals surface area (Å²) in [5.74, 6) is 1.38. The minimum absolute atomic E-state index is 0. The van der Waals surface area contributed by atoms with Crippen LogP contribution in [0.4, 0.5) is 0 Å². The van der Waals surface area contributed by atoms with Crippen molar-refractivity contribution in [3.8, 4) is 5.75 Å². The highest BCUT2D eigenvalue weighted by molar-refractivity contribution is 14.0. The van der Waals surface area contributed by atoms with Crippen molar-refractivity contribution in [3.63, 3.8) is 0 Å². The Bertz CT molecular complexity index is 693. The zero-order valence-corrected chi connectivity index (χ0v) is 18.0. The lowest BCUT2D eigenvalue weighted by atomic mass is 10.3. The molecule has 0 atom stereocenters. The van der Waals surface area contributed by atoms with Gasteiger partial charge in [0.25, 0.3) is 0 Å². The van der Waals surface area contributed by atoms with Gasteiger partial charge in [0.1, 0.15) is 5.75 Å². The highest BCUT2D eigenvalue weighted by Crippen LogP contribution is 2.27. The maximum atomic E-state index is 6.06. The van der Waals surface area contributed by atoms with Crippen molar-refractivity contribution < 1.29 is 4.74 Å². The number of ether oxygens (including phenoxy) is 1. The third-order valence-corrected chi connectivity index (χ3v) is 3.88. The Hall–Kier alpha value is -1.19. The van der Waals surface area contributed by atoms with E-state index in [2.05, 4.69) is 20.7 Å². The molecule has 138 valence electrons. The monoisotopic (exact) mass is 497 g/mol. The number of nitrogens with one attached hydrogen (secondary N) is 2. The lowest BCUT2D eigenvalue weighted by Gasteiger charge is -2.12. The zero-order valence-electron chi connectivity index (χ0n) is 14.1. The first-order valence-corrected chi connectivity index (χ1v) is 8.35. The van der Waals surface area contributed by atoms with Gasteiger partial charge in [-0.3, -0.25) is 9.67 Å². The van der Waals surface area contributed by atoms with Crippen LogP contribution in [0.15, 0.2) is 35.5 Å². The lowest BCUT2D eigenvalue weighted by molar-refractivity contribution is 0.311. The van der Waals surface area contributed by atoms with Crippen LogP contribution in [0.3, 0.4) is 0 Å². The van der Waals surface area contributed by atoms with Gasteiger partial charge in [0, 0.05) is 31.9 Å². The molecule has 2 rings (SSSR count). The summed E-state index contributed by atoms with van der Waals surface area (Å²) in [7, 11) is 3.65. The van der Waals surface area contributed by atoms with E-state index in [0.717, 1.165) is 24.6 Å². The number of halogens is 3. The molecule has 1 aromatic carbocycles. The average molecular weight is 498 g/mol. The van der Waals surface area contributed by atoms with Gasteiger partial charge >= 0.3 is 0 Å². The number of aryl methyl sites for hydroxylation is 1. The van der Waals surface area contributed by atoms with Crippen LogP contribution in [0.2, 0.25) is 10.0 Å². The standard InChI is InChI=1S/C16H21Cl2N5O.HI/c1-19-16(21-11-13-6-8-22-23(13)2)20-7-3-9-24-15-5-4-12(17)10-14(15)18;/h4-6,8,10H,3,7,9,11H2,1-2H3,(H2,19,20,21);1H. The van der Waals surface area contributed by atoms with Crippen LogP contribution in [0, 0.1) is 0 Å². The van der Waals surface area contributed by atoms with Crippen molar-refractivity contribution in [2.45, 2.75) is 13.0 Å². The summed E-state index contributed by atoms with van der Waals surface area (Å²) in [4.78, 5) is 4.18. The van der Waals surface area contributed by atoms with Gasteiger partial charge in [0.15, 0.2) is 5.96 Å². The van der Waals surface area contributed by atoms with Crippen LogP contribution in [0.1, 0.15) is 12.1 Å². The van der Waals surface area contributed by atoms with Crippen molar-refractivity contribution in [1.82, 2.24) is 20.4 Å². The lowest BCUT2D eigenvalue weighted by Crippen LogP contribution is -2.38. The summed E-state index contributed by atoms with van der Waals surface area (Å²) in [5.41, 5.74) is 1.08. The molecular formula is C16H22Cl2IN5O. The SMILES string of the molecule is CN=C(NCCCOc1ccc(Cl)cc1Cl)NCc1ccnn1C.I. The molecule has 0 fully saturated rings. The Morgan fingerprint density at radius 2 is 2.08 bits per heavy atom. The molecule has 0 bridgehead atoms. The van der Waals surface area contributed by atoms with E-state index >= 15 is 0 Å². The van der Waals surface area contributed by atoms with E-state index in [4.69, 9.17) is 27.9 Å². The third-order valence-electron chi connectivity index (χ3n) is 3.35. The third kappa shape index (κ3) is 7.29. The summed E-state index contributed by atoms with van der Waals surface area (Å²) in [6, 6.07) is 7.16. The van der Waals surface area contributed by atoms with Gasteiger partial charge in [0.05, 0.1) is 23.9 Å². The van der Waals surface area contributed by atoms with E-state index < -0.39 is 0 Å². The summed E-state index contributed by atoms with van der Waals surface area (Å²) in [5, 5.41) is 11.7. The van der Waals surface area contributed by atoms with E-state index in [1.165, 1.54) is 0 Å². The first-order valence-electron chi connectivity index (χ1n) is 7.59. The highest BCUT2D eigenvalue weighted by atomic mass is 127. The molecule has 1 aromatic heterocycles. The minimum Gasteiger partial charge on any atom is -0.492 e. The quantitative estimate of drug-likeness (QED) is 0.266. The fourth-order valence-electron chi connectivity index (χ4n) is 2.02. The summed E-state index contributed by atoms with van der Waals surface area (Å²) >= 11 is 11.9. The first kappa shape index (κ1) is 21.9. The summed E-state index contributed by atoms with van der Waals surface area (Å²) in [6.45, 7) is 1.94. The van der Waals surface area contributed by atoms with Crippen molar-refractivity contribution in [3.05, 3.63) is 46.2 Å². The van der Waals surface area contributed by atoms with Crippen molar-refractivity contribution >= 4 is 53.1 Å². The van der Waals surface area contributed by atoms with Crippen molar-refractivity contribution in [2.75, 3.05) is 20.2 Å². The highest BCUT2D eigenvalue weighted by Gasteiger charge is 2.03. The fraction of sp³-hybridized carbons (Fsp3) is 0.375. The fourth-order valence-corrected chi connectivity index (χ4v) is 2.49. The van der Waals surface area contributed by atoms with Crippen LogP contribution < -0.4 is 15.4 Å². The number of hydrogen-bond acceptors (Lipinski definition) is 3. The normalized spacial score (nSPS) is 11.0. The maximum Gasteiger partial charge on any atom is 0.191 e. The van der Waals surface area contributed by atoms with Crippen molar-refractivity contribution in [1.29, 1.82) is 0 Å². The molecule has 0 spiro atoms. The molecule has 6 nitrogen and oxygen atoms in total. The maximum absolute atomic E-state index is 6.06. The number of hydrogen-bond donors (Lipinski definition) is 2. The average Bonchev–Trinajstić information content (AvgIpc) is 2.97. The number of nitrogens with zero attached hydrogens (tertiary/aromatic N) is 3. The zero-order chi connectivity index (χ0) is 17.4. The van der Waals surface area contributed by atoms with Gasteiger partial charge in [-0.25, -0.2) is 0 Å². The van der Waals surface area contributed by atoms with E-state index in [-0.39, 0.29) is 24.0 Å². The van der Waals surface area contributed by atoms with Gasteiger partial charge in [-0.1, -0.05) is 23.2 Å². The molecule has 0 aliphatic rings. The molecule has 0 unspecified atom stereocenters. The number of aromatic nitrogens is 2. The van der Waals surface area contributed by atoms with E-state index in [0.29, 0.717) is 28.9 Å². The van der Waals surface area contributed by atoms with Crippen LogP contribution >= 0.6 is 47.2 Å². The summed E-state index contributed by atoms with van der Waals surface area (Å²) < 4.78 is 7.46. The topological polar surface area (TPSA) is 63.5 Å². The van der Waals surface area contributed by atoms with Gasteiger partial charge in [-0.2, -0.15) is 5.10 Å². The molecule has 25 heavy (non-hydrogen) atoms. The van der Waals surface area contributed by atoms with Crippen LogP contribution in [0.5, 0.6) is 5.75 Å². The molecule has 0 radical (unpaired) electrons. The second-order valence-electron chi connectivity index (χ2n) is 5.08. The number of aliphatic imine (C=N–C) groups is 1. The van der Waals surface area contributed by atoms with Crippen LogP contribution in [-0.4, -0.2) is 35.9 Å². The predicted molar refractivity (Wildman–Crippen MR) is 113 cm³/mol. The molecule has 0 saturated carbocycles. The predicted octanol–water partition coefficient (Wildman–Crippen LogP) is 3.48. The van der Waals surface area contributed by atoms with E-state index in [1.807, 2.05) is 17.8 Å². The molecule has 0 aliphatic carbocycles. The minimum atomic E-state index is 0.